The van der Waals surface area contributed by atoms with Crippen molar-refractivity contribution >= 4 is 27.3 Å². The van der Waals surface area contributed by atoms with Gasteiger partial charge in [-0.15, -0.1) is 0 Å². The molecule has 0 fully saturated rings. The van der Waals surface area contributed by atoms with Gasteiger partial charge in [0, 0.05) is 11.5 Å². The second kappa shape index (κ2) is 3.67. The lowest BCUT2D eigenvalue weighted by molar-refractivity contribution is 0.0966. The summed E-state index contributed by atoms with van der Waals surface area (Å²) in [6.45, 7) is 2.09. The van der Waals surface area contributed by atoms with E-state index >= 15 is 0 Å². The molecule has 1 nitrogen and oxygen atoms in total. The van der Waals surface area contributed by atoms with Crippen molar-refractivity contribution in [2.24, 2.45) is 0 Å². The van der Waals surface area contributed by atoms with E-state index in [0.717, 1.165) is 17.4 Å². The van der Waals surface area contributed by atoms with Crippen molar-refractivity contribution in [3.05, 3.63) is 59.7 Å². The summed E-state index contributed by atoms with van der Waals surface area (Å²) in [5.41, 5.74) is 2.13. The molecule has 0 saturated carbocycles. The van der Waals surface area contributed by atoms with Crippen LogP contribution in [0.2, 0.25) is 0 Å². The predicted octanol–water partition coefficient (Wildman–Crippen LogP) is 4.68. The molecule has 4 rings (SSSR count). The quantitative estimate of drug-likeness (QED) is 0.570. The highest BCUT2D eigenvalue weighted by molar-refractivity contribution is 6.24. The summed E-state index contributed by atoms with van der Waals surface area (Å²) in [7, 11) is 0. The molecule has 1 atom stereocenters. The zero-order valence-electron chi connectivity index (χ0n) is 10.8. The van der Waals surface area contributed by atoms with E-state index in [0.29, 0.717) is 5.78 Å². The molecule has 19 heavy (non-hydrogen) atoms. The number of ketones is 1. The molecule has 0 N–H and O–H groups in total. The number of fused-ring (bicyclic) bond motifs is 2. The Morgan fingerprint density at radius 1 is 1.00 bits per heavy atom. The number of benzene rings is 3. The predicted molar refractivity (Wildman–Crippen MR) is 78.8 cm³/mol. The Labute approximate surface area is 111 Å². The molecule has 0 spiro atoms. The van der Waals surface area contributed by atoms with Crippen LogP contribution in [0.1, 0.15) is 35.2 Å². The van der Waals surface area contributed by atoms with Gasteiger partial charge in [-0.3, -0.25) is 4.79 Å². The summed E-state index contributed by atoms with van der Waals surface area (Å²) in [5, 5.41) is 4.80. The highest BCUT2D eigenvalue weighted by Gasteiger charge is 2.31. The molecule has 0 saturated heterocycles. The average Bonchev–Trinajstić information content (AvgIpc) is 2.73. The first-order valence-corrected chi connectivity index (χ1v) is 6.80. The van der Waals surface area contributed by atoms with Crippen molar-refractivity contribution in [2.45, 2.75) is 19.3 Å². The van der Waals surface area contributed by atoms with Crippen LogP contribution >= 0.6 is 0 Å². The van der Waals surface area contributed by atoms with Crippen molar-refractivity contribution in [3.8, 4) is 0 Å². The first-order valence-electron chi connectivity index (χ1n) is 6.80. The fourth-order valence-electron chi connectivity index (χ4n) is 3.41. The van der Waals surface area contributed by atoms with Crippen LogP contribution in [0.5, 0.6) is 0 Å². The van der Waals surface area contributed by atoms with Crippen molar-refractivity contribution in [1.29, 1.82) is 0 Å². The molecular formula is C18H14O. The highest BCUT2D eigenvalue weighted by Crippen LogP contribution is 2.42. The zero-order chi connectivity index (χ0) is 13.0. The monoisotopic (exact) mass is 246 g/mol. The Kier molecular flexibility index (Phi) is 2.08. The largest absolute Gasteiger partial charge is 0.293 e. The first kappa shape index (κ1) is 10.7. The van der Waals surface area contributed by atoms with E-state index in [-0.39, 0.29) is 5.92 Å². The van der Waals surface area contributed by atoms with E-state index < -0.39 is 0 Å². The molecule has 0 aliphatic heterocycles. The number of Topliss-reactive ketones (excluding diaryl/α,β-unsaturated/α-hetero) is 1. The molecule has 92 valence electrons. The molecule has 1 heteroatoms. The lowest BCUT2D eigenvalue weighted by Crippen LogP contribution is -2.04. The molecule has 1 aliphatic rings. The van der Waals surface area contributed by atoms with Crippen LogP contribution in [0.4, 0.5) is 0 Å². The maximum Gasteiger partial charge on any atom is 0.170 e. The van der Waals surface area contributed by atoms with Crippen molar-refractivity contribution in [1.82, 2.24) is 0 Å². The molecule has 1 unspecified atom stereocenters. The minimum Gasteiger partial charge on any atom is -0.293 e. The van der Waals surface area contributed by atoms with Crippen molar-refractivity contribution in [2.75, 3.05) is 0 Å². The van der Waals surface area contributed by atoms with E-state index in [4.69, 9.17) is 0 Å². The molecule has 3 aromatic rings. The van der Waals surface area contributed by atoms with Gasteiger partial charge in [0.1, 0.15) is 0 Å². The Morgan fingerprint density at radius 3 is 2.63 bits per heavy atom. The Morgan fingerprint density at radius 2 is 1.79 bits per heavy atom. The minimum absolute atomic E-state index is 0.0514. The van der Waals surface area contributed by atoms with Crippen LogP contribution in [0.3, 0.4) is 0 Å². The van der Waals surface area contributed by atoms with Gasteiger partial charge in [-0.05, 0) is 39.6 Å². The second-order valence-corrected chi connectivity index (χ2v) is 5.24. The van der Waals surface area contributed by atoms with Crippen LogP contribution in [0, 0.1) is 0 Å². The normalized spacial score (nSPS) is 17.5. The summed E-state index contributed by atoms with van der Waals surface area (Å²) in [4.78, 5) is 12.6. The SMILES string of the molecule is CCC1C(=O)c2cc3ccccc3c3cccc1c23. The minimum atomic E-state index is 0.0514. The fraction of sp³-hybridized carbons (Fsp3) is 0.167. The van der Waals surface area contributed by atoms with Gasteiger partial charge in [-0.2, -0.15) is 0 Å². The van der Waals surface area contributed by atoms with Gasteiger partial charge in [0.05, 0.1) is 0 Å². The van der Waals surface area contributed by atoms with E-state index in [1.807, 2.05) is 6.07 Å². The van der Waals surface area contributed by atoms with Gasteiger partial charge in [0.2, 0.25) is 0 Å². The summed E-state index contributed by atoms with van der Waals surface area (Å²) in [5.74, 6) is 0.343. The molecule has 0 heterocycles. The third-order valence-electron chi connectivity index (χ3n) is 4.28. The molecule has 3 aromatic carbocycles. The summed E-state index contributed by atoms with van der Waals surface area (Å²) < 4.78 is 0. The van der Waals surface area contributed by atoms with Crippen LogP contribution < -0.4 is 0 Å². The number of carbonyl (C=O) groups excluding carboxylic acids is 1. The third kappa shape index (κ3) is 1.27. The van der Waals surface area contributed by atoms with Crippen LogP contribution in [0.25, 0.3) is 21.5 Å². The number of hydrogen-bond acceptors (Lipinski definition) is 1. The van der Waals surface area contributed by atoms with E-state index in [9.17, 15) is 4.79 Å². The highest BCUT2D eigenvalue weighted by atomic mass is 16.1. The van der Waals surface area contributed by atoms with Gasteiger partial charge < -0.3 is 0 Å². The van der Waals surface area contributed by atoms with Crippen LogP contribution in [-0.4, -0.2) is 5.78 Å². The second-order valence-electron chi connectivity index (χ2n) is 5.24. The Balaban J connectivity index is 2.26. The number of carbonyl (C=O) groups is 1. The first-order chi connectivity index (χ1) is 9.31. The lowest BCUT2D eigenvalue weighted by Gasteiger charge is -2.07. The summed E-state index contributed by atoms with van der Waals surface area (Å²) >= 11 is 0. The average molecular weight is 246 g/mol. The maximum atomic E-state index is 12.6. The van der Waals surface area contributed by atoms with Crippen molar-refractivity contribution < 1.29 is 4.79 Å². The topological polar surface area (TPSA) is 17.1 Å². The van der Waals surface area contributed by atoms with Crippen molar-refractivity contribution in [3.63, 3.8) is 0 Å². The zero-order valence-corrected chi connectivity index (χ0v) is 10.8. The smallest absolute Gasteiger partial charge is 0.170 e. The van der Waals surface area contributed by atoms with E-state index in [2.05, 4.69) is 49.4 Å². The summed E-state index contributed by atoms with van der Waals surface area (Å²) in [6, 6.07) is 16.7. The third-order valence-corrected chi connectivity index (χ3v) is 4.28. The Bertz CT molecular complexity index is 830. The Hall–Kier alpha value is -2.15. The van der Waals surface area contributed by atoms with Crippen LogP contribution in [0.15, 0.2) is 48.5 Å². The molecule has 0 amide bonds. The van der Waals surface area contributed by atoms with E-state index in [1.54, 1.807) is 0 Å². The molecule has 0 radical (unpaired) electrons. The maximum absolute atomic E-state index is 12.6. The van der Waals surface area contributed by atoms with Crippen LogP contribution in [-0.2, 0) is 0 Å². The molecular weight excluding hydrogens is 232 g/mol. The number of hydrogen-bond donors (Lipinski definition) is 0. The fourth-order valence-corrected chi connectivity index (χ4v) is 3.41. The van der Waals surface area contributed by atoms with Gasteiger partial charge in [-0.25, -0.2) is 0 Å². The summed E-state index contributed by atoms with van der Waals surface area (Å²) in [6.07, 6.45) is 0.878. The molecule has 1 aliphatic carbocycles. The van der Waals surface area contributed by atoms with Gasteiger partial charge in [-0.1, -0.05) is 49.4 Å². The number of rotatable bonds is 1. The van der Waals surface area contributed by atoms with Gasteiger partial charge >= 0.3 is 0 Å². The van der Waals surface area contributed by atoms with Gasteiger partial charge in [0.25, 0.3) is 0 Å². The molecule has 0 aromatic heterocycles. The van der Waals surface area contributed by atoms with E-state index in [1.165, 1.54) is 21.7 Å². The molecule has 0 bridgehead atoms. The lowest BCUT2D eigenvalue weighted by atomic mass is 9.96. The standard InChI is InChI=1S/C18H14O/c1-2-12-14-8-5-9-15-13-7-4-3-6-11(13)10-16(17(14)15)18(12)19/h3-10,12H,2H2,1H3. The van der Waals surface area contributed by atoms with Gasteiger partial charge in [0.15, 0.2) is 5.78 Å².